The second-order valence-corrected chi connectivity index (χ2v) is 9.39. The molecule has 0 spiro atoms. The predicted molar refractivity (Wildman–Crippen MR) is 132 cm³/mol. The number of nitrogens with one attached hydrogen (secondary N) is 1. The maximum atomic E-state index is 13.0. The lowest BCUT2D eigenvalue weighted by molar-refractivity contribution is -0.118. The highest BCUT2D eigenvalue weighted by molar-refractivity contribution is 6.07. The van der Waals surface area contributed by atoms with Crippen LogP contribution in [0.1, 0.15) is 41.8 Å². The number of carbonyl (C=O) groups excluding carboxylic acids is 2. The van der Waals surface area contributed by atoms with Gasteiger partial charge in [0.1, 0.15) is 5.60 Å². The largest absolute Gasteiger partial charge is 0.483 e. The van der Waals surface area contributed by atoms with Gasteiger partial charge in [-0.15, -0.1) is 0 Å². The highest BCUT2D eigenvalue weighted by atomic mass is 16.5. The van der Waals surface area contributed by atoms with E-state index in [0.717, 1.165) is 41.8 Å². The van der Waals surface area contributed by atoms with Crippen molar-refractivity contribution in [3.63, 3.8) is 0 Å². The lowest BCUT2D eigenvalue weighted by Gasteiger charge is -2.30. The molecular formula is C28H28N2O4. The Hall–Kier alpha value is -3.80. The monoisotopic (exact) mass is 456 g/mol. The summed E-state index contributed by atoms with van der Waals surface area (Å²) < 4.78 is 11.8. The summed E-state index contributed by atoms with van der Waals surface area (Å²) in [7, 11) is 0. The first-order valence-electron chi connectivity index (χ1n) is 11.6. The Balaban J connectivity index is 1.25. The molecule has 5 rings (SSSR count). The van der Waals surface area contributed by atoms with Gasteiger partial charge in [0, 0.05) is 35.5 Å². The zero-order valence-electron chi connectivity index (χ0n) is 19.5. The fourth-order valence-electron chi connectivity index (χ4n) is 4.66. The van der Waals surface area contributed by atoms with Crippen molar-refractivity contribution in [2.24, 2.45) is 0 Å². The highest BCUT2D eigenvalue weighted by Gasteiger charge is 2.32. The van der Waals surface area contributed by atoms with Crippen LogP contribution in [0.15, 0.2) is 66.7 Å². The van der Waals surface area contributed by atoms with E-state index in [4.69, 9.17) is 9.47 Å². The number of benzene rings is 3. The smallest absolute Gasteiger partial charge is 0.262 e. The second-order valence-electron chi connectivity index (χ2n) is 9.39. The van der Waals surface area contributed by atoms with Crippen molar-refractivity contribution in [3.05, 3.63) is 83.4 Å². The van der Waals surface area contributed by atoms with Crippen molar-refractivity contribution in [1.82, 2.24) is 0 Å². The molecule has 0 fully saturated rings. The van der Waals surface area contributed by atoms with Gasteiger partial charge in [0.25, 0.3) is 11.8 Å². The van der Waals surface area contributed by atoms with E-state index in [1.54, 1.807) is 0 Å². The number of rotatable bonds is 5. The molecule has 1 N–H and O–H groups in total. The first kappa shape index (κ1) is 22.0. The summed E-state index contributed by atoms with van der Waals surface area (Å²) in [5.41, 5.74) is 4.12. The van der Waals surface area contributed by atoms with Gasteiger partial charge in [-0.1, -0.05) is 30.3 Å². The van der Waals surface area contributed by atoms with Crippen molar-refractivity contribution in [2.75, 3.05) is 23.4 Å². The summed E-state index contributed by atoms with van der Waals surface area (Å²) in [6.07, 6.45) is 2.55. The molecule has 0 unspecified atom stereocenters. The fourth-order valence-corrected chi connectivity index (χ4v) is 4.66. The summed E-state index contributed by atoms with van der Waals surface area (Å²) in [5, 5.41) is 2.91. The third-order valence-electron chi connectivity index (χ3n) is 6.16. The van der Waals surface area contributed by atoms with Crippen molar-refractivity contribution < 1.29 is 19.1 Å². The average molecular weight is 457 g/mol. The third-order valence-corrected chi connectivity index (χ3v) is 6.16. The molecule has 3 aromatic carbocycles. The Kier molecular flexibility index (Phi) is 5.74. The second kappa shape index (κ2) is 8.86. The van der Waals surface area contributed by atoms with Gasteiger partial charge >= 0.3 is 0 Å². The number of hydrogen-bond acceptors (Lipinski definition) is 4. The molecule has 0 saturated heterocycles. The molecule has 0 aromatic heterocycles. The van der Waals surface area contributed by atoms with E-state index in [0.29, 0.717) is 23.5 Å². The molecule has 3 aromatic rings. The Morgan fingerprint density at radius 1 is 1.03 bits per heavy atom. The van der Waals surface area contributed by atoms with E-state index in [2.05, 4.69) is 5.32 Å². The van der Waals surface area contributed by atoms with Crippen LogP contribution in [0.2, 0.25) is 0 Å². The Bertz CT molecular complexity index is 1240. The normalized spacial score (nSPS) is 15.6. The van der Waals surface area contributed by atoms with Gasteiger partial charge in [-0.05, 0) is 68.7 Å². The lowest BCUT2D eigenvalue weighted by Crippen LogP contribution is -2.35. The molecule has 2 heterocycles. The van der Waals surface area contributed by atoms with Crippen LogP contribution in [0.3, 0.4) is 0 Å². The van der Waals surface area contributed by atoms with Crippen molar-refractivity contribution >= 4 is 23.2 Å². The number of aryl methyl sites for hydroxylation is 1. The number of amides is 2. The summed E-state index contributed by atoms with van der Waals surface area (Å²) in [5.74, 6) is 1.05. The summed E-state index contributed by atoms with van der Waals surface area (Å²) in [6.45, 7) is 4.64. The molecule has 6 heteroatoms. The van der Waals surface area contributed by atoms with E-state index in [9.17, 15) is 9.59 Å². The van der Waals surface area contributed by atoms with Crippen molar-refractivity contribution in [3.8, 4) is 11.5 Å². The zero-order valence-corrected chi connectivity index (χ0v) is 19.5. The molecule has 0 bridgehead atoms. The quantitative estimate of drug-likeness (QED) is 0.586. The fraction of sp³-hybridized carbons (Fsp3) is 0.286. The standard InChI is InChI=1S/C28H28N2O4/c1-28(2)17-21-10-6-12-24(26(21)34-28)33-18-25(31)29-22-13-14-23-20(16-22)11-7-15-30(23)27(32)19-8-4-3-5-9-19/h3-6,8-10,12-14,16H,7,11,15,17-18H2,1-2H3,(H,29,31). The van der Waals surface area contributed by atoms with Crippen molar-refractivity contribution in [1.29, 1.82) is 0 Å². The molecule has 0 saturated carbocycles. The van der Waals surface area contributed by atoms with Crippen LogP contribution in [0.4, 0.5) is 11.4 Å². The van der Waals surface area contributed by atoms with Crippen LogP contribution < -0.4 is 19.7 Å². The van der Waals surface area contributed by atoms with Gasteiger partial charge in [0.05, 0.1) is 0 Å². The van der Waals surface area contributed by atoms with E-state index in [1.807, 2.05) is 85.5 Å². The molecule has 0 atom stereocenters. The minimum Gasteiger partial charge on any atom is -0.483 e. The molecule has 6 nitrogen and oxygen atoms in total. The van der Waals surface area contributed by atoms with E-state index >= 15 is 0 Å². The molecule has 2 aliphatic rings. The molecule has 0 aliphatic carbocycles. The number of ether oxygens (including phenoxy) is 2. The van der Waals surface area contributed by atoms with Gasteiger partial charge < -0.3 is 19.7 Å². The van der Waals surface area contributed by atoms with Gasteiger partial charge in [0.2, 0.25) is 0 Å². The maximum absolute atomic E-state index is 13.0. The number of hydrogen-bond donors (Lipinski definition) is 1. The molecule has 34 heavy (non-hydrogen) atoms. The molecule has 174 valence electrons. The van der Waals surface area contributed by atoms with Crippen molar-refractivity contribution in [2.45, 2.75) is 38.7 Å². The predicted octanol–water partition coefficient (Wildman–Crippen LogP) is 5.01. The van der Waals surface area contributed by atoms with Crippen LogP contribution in [-0.2, 0) is 17.6 Å². The zero-order chi connectivity index (χ0) is 23.7. The summed E-state index contributed by atoms with van der Waals surface area (Å²) >= 11 is 0. The first-order chi connectivity index (χ1) is 16.4. The Morgan fingerprint density at radius 3 is 2.68 bits per heavy atom. The molecule has 2 aliphatic heterocycles. The summed E-state index contributed by atoms with van der Waals surface area (Å²) in [4.78, 5) is 27.4. The van der Waals surface area contributed by atoms with Gasteiger partial charge in [-0.3, -0.25) is 9.59 Å². The van der Waals surface area contributed by atoms with Gasteiger partial charge in [-0.25, -0.2) is 0 Å². The van der Waals surface area contributed by atoms with Crippen LogP contribution >= 0.6 is 0 Å². The number of anilines is 2. The van der Waals surface area contributed by atoms with Crippen LogP contribution in [0.5, 0.6) is 11.5 Å². The van der Waals surface area contributed by atoms with E-state index in [-0.39, 0.29) is 24.0 Å². The first-order valence-corrected chi connectivity index (χ1v) is 11.6. The Labute approximate surface area is 199 Å². The van der Waals surface area contributed by atoms with Gasteiger partial charge in [-0.2, -0.15) is 0 Å². The molecule has 2 amide bonds. The number of carbonyl (C=O) groups is 2. The van der Waals surface area contributed by atoms with Crippen LogP contribution in [-0.4, -0.2) is 30.6 Å². The SMILES string of the molecule is CC1(C)Cc2cccc(OCC(=O)Nc3ccc4c(c3)CCCN4C(=O)c3ccccc3)c2O1. The number of nitrogens with zero attached hydrogens (tertiary/aromatic N) is 1. The number of para-hydroxylation sites is 1. The van der Waals surface area contributed by atoms with Crippen LogP contribution in [0, 0.1) is 0 Å². The average Bonchev–Trinajstić information content (AvgIpc) is 3.16. The summed E-state index contributed by atoms with van der Waals surface area (Å²) in [6, 6.07) is 20.8. The third kappa shape index (κ3) is 4.49. The van der Waals surface area contributed by atoms with E-state index in [1.165, 1.54) is 0 Å². The topological polar surface area (TPSA) is 67.9 Å². The lowest BCUT2D eigenvalue weighted by atomic mass is 10.00. The minimum atomic E-state index is -0.275. The highest BCUT2D eigenvalue weighted by Crippen LogP contribution is 2.41. The van der Waals surface area contributed by atoms with E-state index < -0.39 is 0 Å². The number of fused-ring (bicyclic) bond motifs is 2. The molecular weight excluding hydrogens is 428 g/mol. The van der Waals surface area contributed by atoms with Gasteiger partial charge in [0.15, 0.2) is 18.1 Å². The minimum absolute atomic E-state index is 0.00692. The van der Waals surface area contributed by atoms with Crippen LogP contribution in [0.25, 0.3) is 0 Å². The maximum Gasteiger partial charge on any atom is 0.262 e. The Morgan fingerprint density at radius 2 is 1.85 bits per heavy atom. The molecule has 0 radical (unpaired) electrons.